The first-order valence-electron chi connectivity index (χ1n) is 5.30. The highest BCUT2D eigenvalue weighted by atomic mass is 79.9. The highest BCUT2D eigenvalue weighted by Gasteiger charge is 2.12. The van der Waals surface area contributed by atoms with Gasteiger partial charge in [-0.05, 0) is 36.6 Å². The summed E-state index contributed by atoms with van der Waals surface area (Å²) in [5.41, 5.74) is 0.966. The molecule has 0 unspecified atom stereocenters. The van der Waals surface area contributed by atoms with Gasteiger partial charge in [-0.15, -0.1) is 0 Å². The van der Waals surface area contributed by atoms with E-state index in [1.807, 2.05) is 0 Å². The van der Waals surface area contributed by atoms with Crippen LogP contribution in [0.25, 0.3) is 0 Å². The molecule has 3 nitrogen and oxygen atoms in total. The molecule has 0 aliphatic rings. The predicted octanol–water partition coefficient (Wildman–Crippen LogP) is 3.40. The Hall–Kier alpha value is -1.17. The van der Waals surface area contributed by atoms with Gasteiger partial charge in [-0.2, -0.15) is 8.78 Å². The van der Waals surface area contributed by atoms with Gasteiger partial charge in [-0.25, -0.2) is 4.79 Å². The maximum absolute atomic E-state index is 12.2. The van der Waals surface area contributed by atoms with E-state index in [1.165, 1.54) is 19.2 Å². The van der Waals surface area contributed by atoms with E-state index < -0.39 is 12.6 Å². The van der Waals surface area contributed by atoms with Crippen molar-refractivity contribution in [3.8, 4) is 5.75 Å². The summed E-state index contributed by atoms with van der Waals surface area (Å²) < 4.78 is 33.2. The van der Waals surface area contributed by atoms with E-state index in [2.05, 4.69) is 25.4 Å². The molecule has 0 saturated heterocycles. The molecule has 0 fully saturated rings. The second kappa shape index (κ2) is 7.31. The van der Waals surface area contributed by atoms with Gasteiger partial charge in [0, 0.05) is 5.33 Å². The van der Waals surface area contributed by atoms with Crippen molar-refractivity contribution in [2.45, 2.75) is 19.5 Å². The number of ether oxygens (including phenoxy) is 2. The van der Waals surface area contributed by atoms with Crippen molar-refractivity contribution in [3.05, 3.63) is 29.3 Å². The average molecular weight is 323 g/mol. The minimum Gasteiger partial charge on any atom is -0.465 e. The number of alkyl halides is 3. The van der Waals surface area contributed by atoms with Crippen LogP contribution in [0.1, 0.15) is 22.3 Å². The van der Waals surface area contributed by atoms with E-state index in [1.54, 1.807) is 6.07 Å². The van der Waals surface area contributed by atoms with E-state index in [9.17, 15) is 13.6 Å². The lowest BCUT2D eigenvalue weighted by Crippen LogP contribution is -2.06. The van der Waals surface area contributed by atoms with E-state index in [4.69, 9.17) is 0 Å². The van der Waals surface area contributed by atoms with Crippen molar-refractivity contribution in [3.63, 3.8) is 0 Å². The van der Waals surface area contributed by atoms with Crippen molar-refractivity contribution in [1.82, 2.24) is 0 Å². The summed E-state index contributed by atoms with van der Waals surface area (Å²) in [6.07, 6.45) is 1.49. The maximum atomic E-state index is 12.2. The van der Waals surface area contributed by atoms with E-state index in [0.717, 1.165) is 17.3 Å². The zero-order valence-corrected chi connectivity index (χ0v) is 11.4. The average Bonchev–Trinajstić information content (AvgIpc) is 2.34. The van der Waals surface area contributed by atoms with Gasteiger partial charge in [0.1, 0.15) is 5.75 Å². The highest BCUT2D eigenvalue weighted by molar-refractivity contribution is 9.09. The van der Waals surface area contributed by atoms with Crippen LogP contribution >= 0.6 is 15.9 Å². The number of hydrogen-bond acceptors (Lipinski definition) is 3. The molecule has 6 heteroatoms. The molecule has 0 heterocycles. The van der Waals surface area contributed by atoms with Crippen LogP contribution in [0.4, 0.5) is 8.78 Å². The Morgan fingerprint density at radius 1 is 1.39 bits per heavy atom. The number of halogens is 3. The Labute approximate surface area is 112 Å². The van der Waals surface area contributed by atoms with Gasteiger partial charge < -0.3 is 9.47 Å². The standard InChI is InChI=1S/C12H13BrF2O3/c1-17-11(16)9-5-8(3-2-4-13)6-10(7-9)18-12(14)15/h5-7,12H,2-4H2,1H3. The van der Waals surface area contributed by atoms with Crippen LogP contribution in [0.15, 0.2) is 18.2 Å². The molecule has 0 bridgehead atoms. The maximum Gasteiger partial charge on any atom is 0.387 e. The minimum atomic E-state index is -2.91. The highest BCUT2D eigenvalue weighted by Crippen LogP contribution is 2.21. The monoisotopic (exact) mass is 322 g/mol. The molecule has 0 atom stereocenters. The Kier molecular flexibility index (Phi) is 6.04. The first kappa shape index (κ1) is 14.9. The number of esters is 1. The first-order chi connectivity index (χ1) is 8.56. The van der Waals surface area contributed by atoms with Gasteiger partial charge in [-0.1, -0.05) is 15.9 Å². The fourth-order valence-electron chi connectivity index (χ4n) is 1.48. The third-order valence-corrected chi connectivity index (χ3v) is 2.77. The number of methoxy groups -OCH3 is 1. The number of hydrogen-bond donors (Lipinski definition) is 0. The van der Waals surface area contributed by atoms with Gasteiger partial charge in [0.2, 0.25) is 0 Å². The fraction of sp³-hybridized carbons (Fsp3) is 0.417. The van der Waals surface area contributed by atoms with Gasteiger partial charge in [0.05, 0.1) is 12.7 Å². The van der Waals surface area contributed by atoms with Crippen LogP contribution in [0, 0.1) is 0 Å². The second-order valence-corrected chi connectivity index (χ2v) is 4.32. The molecule has 0 radical (unpaired) electrons. The number of rotatable bonds is 6. The van der Waals surface area contributed by atoms with Crippen LogP contribution < -0.4 is 4.74 Å². The van der Waals surface area contributed by atoms with Crippen molar-refractivity contribution in [2.75, 3.05) is 12.4 Å². The molecule has 0 saturated carbocycles. The Morgan fingerprint density at radius 3 is 2.67 bits per heavy atom. The molecule has 1 aromatic rings. The van der Waals surface area contributed by atoms with E-state index in [0.29, 0.717) is 6.42 Å². The largest absolute Gasteiger partial charge is 0.465 e. The van der Waals surface area contributed by atoms with Crippen molar-refractivity contribution in [2.24, 2.45) is 0 Å². The number of benzene rings is 1. The fourth-order valence-corrected chi connectivity index (χ4v) is 1.76. The lowest BCUT2D eigenvalue weighted by molar-refractivity contribution is -0.0499. The van der Waals surface area contributed by atoms with Gasteiger partial charge in [0.15, 0.2) is 0 Å². The first-order valence-corrected chi connectivity index (χ1v) is 6.42. The summed E-state index contributed by atoms with van der Waals surface area (Å²) in [6.45, 7) is -2.91. The zero-order valence-electron chi connectivity index (χ0n) is 9.79. The minimum absolute atomic E-state index is 0.0301. The topological polar surface area (TPSA) is 35.5 Å². The van der Waals surface area contributed by atoms with Gasteiger partial charge in [-0.3, -0.25) is 0 Å². The zero-order chi connectivity index (χ0) is 13.5. The van der Waals surface area contributed by atoms with Gasteiger partial charge >= 0.3 is 12.6 Å². The number of carbonyl (C=O) groups excluding carboxylic acids is 1. The van der Waals surface area contributed by atoms with Gasteiger partial charge in [0.25, 0.3) is 0 Å². The summed E-state index contributed by atoms with van der Waals surface area (Å²) in [5.74, 6) is -0.604. The third-order valence-electron chi connectivity index (χ3n) is 2.21. The molecule has 100 valence electrons. The Bertz CT molecular complexity index is 410. The summed E-state index contributed by atoms with van der Waals surface area (Å²) in [6, 6.07) is 4.36. The summed E-state index contributed by atoms with van der Waals surface area (Å²) in [7, 11) is 1.24. The number of aryl methyl sites for hydroxylation is 1. The molecule has 0 aliphatic carbocycles. The summed E-state index contributed by atoms with van der Waals surface area (Å²) in [5, 5.41) is 0.792. The molecule has 0 N–H and O–H groups in total. The molecule has 1 aromatic carbocycles. The smallest absolute Gasteiger partial charge is 0.387 e. The Balaban J connectivity index is 2.99. The lowest BCUT2D eigenvalue weighted by atomic mass is 10.1. The summed E-state index contributed by atoms with van der Waals surface area (Å²) >= 11 is 3.28. The molecule has 18 heavy (non-hydrogen) atoms. The molecule has 0 aromatic heterocycles. The second-order valence-electron chi connectivity index (χ2n) is 3.53. The van der Waals surface area contributed by atoms with Crippen molar-refractivity contribution < 1.29 is 23.0 Å². The van der Waals surface area contributed by atoms with Crippen LogP contribution in [0.3, 0.4) is 0 Å². The molecule has 0 spiro atoms. The number of carbonyl (C=O) groups is 1. The Morgan fingerprint density at radius 2 is 2.11 bits per heavy atom. The SMILES string of the molecule is COC(=O)c1cc(CCCBr)cc(OC(F)F)c1. The molecular formula is C12H13BrF2O3. The van der Waals surface area contributed by atoms with Crippen LogP contribution in [0.2, 0.25) is 0 Å². The van der Waals surface area contributed by atoms with Crippen LogP contribution in [-0.2, 0) is 11.2 Å². The molecule has 0 amide bonds. The molecule has 0 aliphatic heterocycles. The third kappa shape index (κ3) is 4.60. The van der Waals surface area contributed by atoms with E-state index in [-0.39, 0.29) is 11.3 Å². The van der Waals surface area contributed by atoms with Crippen LogP contribution in [0.5, 0.6) is 5.75 Å². The van der Waals surface area contributed by atoms with Crippen molar-refractivity contribution in [1.29, 1.82) is 0 Å². The summed E-state index contributed by atoms with van der Waals surface area (Å²) in [4.78, 5) is 11.4. The van der Waals surface area contributed by atoms with Crippen molar-refractivity contribution >= 4 is 21.9 Å². The predicted molar refractivity (Wildman–Crippen MR) is 66.5 cm³/mol. The molecule has 1 rings (SSSR count). The lowest BCUT2D eigenvalue weighted by Gasteiger charge is -2.09. The van der Waals surface area contributed by atoms with E-state index >= 15 is 0 Å². The normalized spacial score (nSPS) is 10.5. The quantitative estimate of drug-likeness (QED) is 0.594. The van der Waals surface area contributed by atoms with Crippen LogP contribution in [-0.4, -0.2) is 25.0 Å². The molecular weight excluding hydrogens is 310 g/mol.